The van der Waals surface area contributed by atoms with E-state index in [0.717, 1.165) is 5.69 Å². The van der Waals surface area contributed by atoms with Crippen LogP contribution < -0.4 is 5.32 Å². The van der Waals surface area contributed by atoms with Gasteiger partial charge in [0, 0.05) is 11.4 Å². The molecule has 1 aromatic rings. The molecule has 1 aliphatic rings. The number of rotatable bonds is 2. The van der Waals surface area contributed by atoms with Crippen LogP contribution in [0.4, 0.5) is 10.5 Å². The van der Waals surface area contributed by atoms with E-state index in [2.05, 4.69) is 10.3 Å². The number of carbonyl (C=O) groups excluding carboxylic acids is 1. The molecule has 1 fully saturated rings. The van der Waals surface area contributed by atoms with Gasteiger partial charge in [-0.15, -0.1) is 11.8 Å². The number of aliphatic carboxylic acids is 1. The molecular weight excluding hydrogens is 266 g/mol. The van der Waals surface area contributed by atoms with Gasteiger partial charge in [0.05, 0.1) is 17.3 Å². The maximum absolute atomic E-state index is 12.1. The largest absolute Gasteiger partial charge is 0.480 e. The Morgan fingerprint density at radius 1 is 1.47 bits per heavy atom. The second-order valence-corrected chi connectivity index (χ2v) is 5.34. The molecule has 1 saturated heterocycles. The Morgan fingerprint density at radius 3 is 2.84 bits per heavy atom. The number of anilines is 1. The Morgan fingerprint density at radius 2 is 2.21 bits per heavy atom. The highest BCUT2D eigenvalue weighted by Crippen LogP contribution is 2.22. The summed E-state index contributed by atoms with van der Waals surface area (Å²) < 4.78 is 0. The van der Waals surface area contributed by atoms with E-state index < -0.39 is 18.0 Å². The molecule has 7 heteroatoms. The van der Waals surface area contributed by atoms with Crippen molar-refractivity contribution in [2.75, 3.05) is 16.9 Å². The van der Waals surface area contributed by atoms with Gasteiger partial charge in [-0.25, -0.2) is 9.59 Å². The van der Waals surface area contributed by atoms with Gasteiger partial charge in [0.1, 0.15) is 6.04 Å². The van der Waals surface area contributed by atoms with E-state index in [1.807, 2.05) is 6.92 Å². The van der Waals surface area contributed by atoms with Crippen molar-refractivity contribution in [3.8, 4) is 0 Å². The SMILES string of the molecule is Cc1ccc(NC(=O)N2CSC[C@@H]2C(=O)O)c(C)n1. The first kappa shape index (κ1) is 13.7. The lowest BCUT2D eigenvalue weighted by Gasteiger charge is -2.21. The number of aryl methyl sites for hydroxylation is 2. The summed E-state index contributed by atoms with van der Waals surface area (Å²) >= 11 is 1.43. The molecule has 1 aromatic heterocycles. The van der Waals surface area contributed by atoms with Crippen LogP contribution in [0.3, 0.4) is 0 Å². The highest BCUT2D eigenvalue weighted by molar-refractivity contribution is 7.99. The molecule has 1 aliphatic heterocycles. The van der Waals surface area contributed by atoms with Crippen LogP contribution in [-0.4, -0.2) is 44.7 Å². The summed E-state index contributed by atoms with van der Waals surface area (Å²) in [6.45, 7) is 3.67. The smallest absolute Gasteiger partial charge is 0.327 e. The van der Waals surface area contributed by atoms with Gasteiger partial charge in [-0.2, -0.15) is 0 Å². The predicted octanol–water partition coefficient (Wildman–Crippen LogP) is 1.69. The van der Waals surface area contributed by atoms with Crippen LogP contribution in [0, 0.1) is 13.8 Å². The number of carbonyl (C=O) groups is 2. The predicted molar refractivity (Wildman–Crippen MR) is 73.3 cm³/mol. The number of hydrogen-bond donors (Lipinski definition) is 2. The maximum atomic E-state index is 12.1. The second kappa shape index (κ2) is 5.48. The lowest BCUT2D eigenvalue weighted by Crippen LogP contribution is -2.44. The average molecular weight is 281 g/mol. The topological polar surface area (TPSA) is 82.5 Å². The summed E-state index contributed by atoms with van der Waals surface area (Å²) in [6, 6.07) is 2.42. The van der Waals surface area contributed by atoms with Crippen LogP contribution >= 0.6 is 11.8 Å². The van der Waals surface area contributed by atoms with Crippen LogP contribution in [-0.2, 0) is 4.79 Å². The number of nitrogens with one attached hydrogen (secondary N) is 1. The van der Waals surface area contributed by atoms with Crippen molar-refractivity contribution in [3.63, 3.8) is 0 Å². The number of amides is 2. The number of thioether (sulfide) groups is 1. The number of carboxylic acids is 1. The summed E-state index contributed by atoms with van der Waals surface area (Å²) in [7, 11) is 0. The number of urea groups is 1. The lowest BCUT2D eigenvalue weighted by atomic mass is 10.2. The Hall–Kier alpha value is -1.76. The minimum Gasteiger partial charge on any atom is -0.480 e. The fraction of sp³-hybridized carbons (Fsp3) is 0.417. The molecule has 0 aromatic carbocycles. The van der Waals surface area contributed by atoms with Crippen LogP contribution in [0.15, 0.2) is 12.1 Å². The molecule has 2 heterocycles. The van der Waals surface area contributed by atoms with Crippen LogP contribution in [0.5, 0.6) is 0 Å². The molecule has 102 valence electrons. The second-order valence-electron chi connectivity index (χ2n) is 4.34. The van der Waals surface area contributed by atoms with Gasteiger partial charge in [0.2, 0.25) is 0 Å². The molecule has 1 atom stereocenters. The number of hydrogen-bond acceptors (Lipinski definition) is 4. The van der Waals surface area contributed by atoms with Gasteiger partial charge in [-0.1, -0.05) is 0 Å². The number of carboxylic acid groups (broad SMARTS) is 1. The van der Waals surface area contributed by atoms with Crippen molar-refractivity contribution in [2.45, 2.75) is 19.9 Å². The first-order valence-corrected chi connectivity index (χ1v) is 6.97. The highest BCUT2D eigenvalue weighted by Gasteiger charge is 2.34. The van der Waals surface area contributed by atoms with Gasteiger partial charge in [0.25, 0.3) is 0 Å². The molecule has 0 bridgehead atoms. The van der Waals surface area contributed by atoms with Crippen molar-refractivity contribution in [1.82, 2.24) is 9.88 Å². The first-order chi connectivity index (χ1) is 8.99. The Labute approximate surface area is 115 Å². The van der Waals surface area contributed by atoms with Crippen molar-refractivity contribution >= 4 is 29.4 Å². The zero-order valence-corrected chi connectivity index (χ0v) is 11.5. The quantitative estimate of drug-likeness (QED) is 0.862. The lowest BCUT2D eigenvalue weighted by molar-refractivity contribution is -0.140. The molecule has 0 aliphatic carbocycles. The Bertz CT molecular complexity index is 521. The molecule has 0 unspecified atom stereocenters. The minimum atomic E-state index is -0.973. The zero-order valence-electron chi connectivity index (χ0n) is 10.7. The molecule has 0 saturated carbocycles. The Balaban J connectivity index is 2.10. The number of pyridine rings is 1. The number of aromatic nitrogens is 1. The van der Waals surface area contributed by atoms with Gasteiger partial charge >= 0.3 is 12.0 Å². The molecule has 6 nitrogen and oxygen atoms in total. The van der Waals surface area contributed by atoms with Crippen molar-refractivity contribution < 1.29 is 14.7 Å². The van der Waals surface area contributed by atoms with Gasteiger partial charge in [0.15, 0.2) is 0 Å². The first-order valence-electron chi connectivity index (χ1n) is 5.81. The van der Waals surface area contributed by atoms with E-state index in [-0.39, 0.29) is 0 Å². The van der Waals surface area contributed by atoms with E-state index in [9.17, 15) is 9.59 Å². The fourth-order valence-corrected chi connectivity index (χ4v) is 3.00. The standard InChI is InChI=1S/C12H15N3O3S/c1-7-3-4-9(8(2)13-7)14-12(18)15-6-19-5-10(15)11(16)17/h3-4,10H,5-6H2,1-2H3,(H,14,18)(H,16,17)/t10-/m1/s1. The molecule has 2 amide bonds. The van der Waals surface area contributed by atoms with Crippen molar-refractivity contribution in [3.05, 3.63) is 23.5 Å². The zero-order chi connectivity index (χ0) is 14.0. The van der Waals surface area contributed by atoms with Crippen LogP contribution in [0.1, 0.15) is 11.4 Å². The summed E-state index contributed by atoms with van der Waals surface area (Å²) in [5.41, 5.74) is 2.19. The van der Waals surface area contributed by atoms with Gasteiger partial charge < -0.3 is 15.3 Å². The van der Waals surface area contributed by atoms with Gasteiger partial charge in [-0.05, 0) is 26.0 Å². The summed E-state index contributed by atoms with van der Waals surface area (Å²) in [5, 5.41) is 11.8. The molecule has 19 heavy (non-hydrogen) atoms. The van der Waals surface area contributed by atoms with Crippen molar-refractivity contribution in [2.24, 2.45) is 0 Å². The third-order valence-corrected chi connectivity index (χ3v) is 3.91. The minimum absolute atomic E-state index is 0.390. The monoisotopic (exact) mass is 281 g/mol. The normalized spacial score (nSPS) is 18.4. The molecule has 2 rings (SSSR count). The third kappa shape index (κ3) is 2.98. The summed E-state index contributed by atoms with van der Waals surface area (Å²) in [4.78, 5) is 28.7. The number of nitrogens with zero attached hydrogens (tertiary/aromatic N) is 2. The van der Waals surface area contributed by atoms with Crippen molar-refractivity contribution in [1.29, 1.82) is 0 Å². The molecular formula is C12H15N3O3S. The van der Waals surface area contributed by atoms with Crippen LogP contribution in [0.2, 0.25) is 0 Å². The molecule has 0 radical (unpaired) electrons. The van der Waals surface area contributed by atoms with E-state index in [4.69, 9.17) is 5.11 Å². The van der Waals surface area contributed by atoms with E-state index in [1.54, 1.807) is 19.1 Å². The maximum Gasteiger partial charge on any atom is 0.327 e. The summed E-state index contributed by atoms with van der Waals surface area (Å²) in [5.74, 6) is -0.159. The molecule has 0 spiro atoms. The van der Waals surface area contributed by atoms with E-state index in [0.29, 0.717) is 23.0 Å². The average Bonchev–Trinajstić information content (AvgIpc) is 2.82. The van der Waals surface area contributed by atoms with Gasteiger partial charge in [-0.3, -0.25) is 4.98 Å². The fourth-order valence-electron chi connectivity index (χ4n) is 1.85. The van der Waals surface area contributed by atoms with E-state index in [1.165, 1.54) is 16.7 Å². The Kier molecular flexibility index (Phi) is 3.94. The van der Waals surface area contributed by atoms with E-state index >= 15 is 0 Å². The summed E-state index contributed by atoms with van der Waals surface area (Å²) in [6.07, 6.45) is 0. The molecule has 2 N–H and O–H groups in total. The highest BCUT2D eigenvalue weighted by atomic mass is 32.2. The van der Waals surface area contributed by atoms with Crippen LogP contribution in [0.25, 0.3) is 0 Å². The third-order valence-electron chi connectivity index (χ3n) is 2.89.